The van der Waals surface area contributed by atoms with Gasteiger partial charge in [-0.1, -0.05) is 6.07 Å². The second-order valence-electron chi connectivity index (χ2n) is 3.56. The predicted octanol–water partition coefficient (Wildman–Crippen LogP) is 2.97. The molecule has 0 fully saturated rings. The van der Waals surface area contributed by atoms with Crippen molar-refractivity contribution in [2.75, 3.05) is 7.05 Å². The summed E-state index contributed by atoms with van der Waals surface area (Å²) in [6.45, 7) is 8.60. The summed E-state index contributed by atoms with van der Waals surface area (Å²) in [5, 5.41) is 0. The SMILES string of the molecule is C/N=C\c1c(C)c(C)cc(C)c1C. The minimum absolute atomic E-state index is 1.28. The number of benzene rings is 1. The molecule has 0 spiro atoms. The fourth-order valence-electron chi connectivity index (χ4n) is 1.57. The van der Waals surface area contributed by atoms with E-state index >= 15 is 0 Å². The number of aryl methyl sites for hydroxylation is 2. The first kappa shape index (κ1) is 9.97. The quantitative estimate of drug-likeness (QED) is 0.582. The number of hydrogen-bond donors (Lipinski definition) is 0. The molecule has 0 atom stereocenters. The van der Waals surface area contributed by atoms with Crippen molar-refractivity contribution < 1.29 is 0 Å². The highest BCUT2D eigenvalue weighted by molar-refractivity contribution is 5.84. The maximum Gasteiger partial charge on any atom is 0.0286 e. The van der Waals surface area contributed by atoms with Crippen molar-refractivity contribution in [1.29, 1.82) is 0 Å². The summed E-state index contributed by atoms with van der Waals surface area (Å²) < 4.78 is 0. The summed E-state index contributed by atoms with van der Waals surface area (Å²) >= 11 is 0. The van der Waals surface area contributed by atoms with Crippen LogP contribution in [-0.4, -0.2) is 13.3 Å². The molecular formula is C12H17N. The zero-order valence-electron chi connectivity index (χ0n) is 9.10. The smallest absolute Gasteiger partial charge is 0.0286 e. The van der Waals surface area contributed by atoms with Crippen molar-refractivity contribution in [1.82, 2.24) is 0 Å². The zero-order valence-corrected chi connectivity index (χ0v) is 9.10. The van der Waals surface area contributed by atoms with Gasteiger partial charge in [0.2, 0.25) is 0 Å². The minimum Gasteiger partial charge on any atom is -0.296 e. The monoisotopic (exact) mass is 175 g/mol. The van der Waals surface area contributed by atoms with Crippen LogP contribution in [0.4, 0.5) is 0 Å². The van der Waals surface area contributed by atoms with Gasteiger partial charge < -0.3 is 0 Å². The Balaban J connectivity index is 3.46. The third kappa shape index (κ3) is 1.80. The first-order chi connectivity index (χ1) is 6.07. The van der Waals surface area contributed by atoms with Gasteiger partial charge in [0, 0.05) is 13.3 Å². The van der Waals surface area contributed by atoms with E-state index < -0.39 is 0 Å². The fourth-order valence-corrected chi connectivity index (χ4v) is 1.57. The Bertz CT molecular complexity index is 322. The van der Waals surface area contributed by atoms with E-state index in [1.165, 1.54) is 27.8 Å². The topological polar surface area (TPSA) is 12.4 Å². The molecule has 1 aromatic carbocycles. The highest BCUT2D eigenvalue weighted by atomic mass is 14.6. The first-order valence-corrected chi connectivity index (χ1v) is 4.57. The van der Waals surface area contributed by atoms with Crippen LogP contribution in [0.15, 0.2) is 11.1 Å². The van der Waals surface area contributed by atoms with Gasteiger partial charge in [-0.2, -0.15) is 0 Å². The molecule has 0 aliphatic rings. The van der Waals surface area contributed by atoms with Crippen molar-refractivity contribution in [2.24, 2.45) is 4.99 Å². The van der Waals surface area contributed by atoms with E-state index in [2.05, 4.69) is 38.8 Å². The number of nitrogens with zero attached hydrogens (tertiary/aromatic N) is 1. The van der Waals surface area contributed by atoms with Crippen LogP contribution in [0.3, 0.4) is 0 Å². The molecular weight excluding hydrogens is 158 g/mol. The number of rotatable bonds is 1. The van der Waals surface area contributed by atoms with Crippen LogP contribution in [0.5, 0.6) is 0 Å². The van der Waals surface area contributed by atoms with Crippen LogP contribution >= 0.6 is 0 Å². The maximum absolute atomic E-state index is 4.08. The van der Waals surface area contributed by atoms with Gasteiger partial charge in [-0.15, -0.1) is 0 Å². The molecule has 0 aliphatic carbocycles. The lowest BCUT2D eigenvalue weighted by molar-refractivity contribution is 1.23. The van der Waals surface area contributed by atoms with Crippen LogP contribution in [0.25, 0.3) is 0 Å². The van der Waals surface area contributed by atoms with Crippen molar-refractivity contribution in [2.45, 2.75) is 27.7 Å². The molecule has 0 heterocycles. The predicted molar refractivity (Wildman–Crippen MR) is 58.9 cm³/mol. The zero-order chi connectivity index (χ0) is 10.0. The lowest BCUT2D eigenvalue weighted by Gasteiger charge is -2.11. The van der Waals surface area contributed by atoms with Crippen molar-refractivity contribution >= 4 is 6.21 Å². The molecule has 1 rings (SSSR count). The van der Waals surface area contributed by atoms with Crippen LogP contribution in [0.1, 0.15) is 27.8 Å². The Hall–Kier alpha value is -1.11. The minimum atomic E-state index is 1.28. The summed E-state index contributed by atoms with van der Waals surface area (Å²) in [6.07, 6.45) is 1.95. The van der Waals surface area contributed by atoms with Gasteiger partial charge in [-0.25, -0.2) is 0 Å². The van der Waals surface area contributed by atoms with E-state index in [1.54, 1.807) is 0 Å². The summed E-state index contributed by atoms with van der Waals surface area (Å²) in [6, 6.07) is 2.23. The molecule has 1 heteroatoms. The summed E-state index contributed by atoms with van der Waals surface area (Å²) in [4.78, 5) is 4.08. The van der Waals surface area contributed by atoms with Crippen LogP contribution in [0.2, 0.25) is 0 Å². The molecule has 70 valence electrons. The number of hydrogen-bond acceptors (Lipinski definition) is 1. The molecule has 0 amide bonds. The first-order valence-electron chi connectivity index (χ1n) is 4.57. The van der Waals surface area contributed by atoms with E-state index in [1.807, 2.05) is 13.3 Å². The van der Waals surface area contributed by atoms with Crippen molar-refractivity contribution in [3.8, 4) is 0 Å². The Morgan fingerprint density at radius 3 is 1.85 bits per heavy atom. The molecule has 0 saturated heterocycles. The molecule has 0 bridgehead atoms. The molecule has 0 radical (unpaired) electrons. The Morgan fingerprint density at radius 2 is 1.46 bits per heavy atom. The summed E-state index contributed by atoms with van der Waals surface area (Å²) in [7, 11) is 1.82. The standard InChI is InChI=1S/C12H17N/c1-8-6-9(2)11(4)12(7-13-5)10(8)3/h6-7H,1-5H3/b13-7-. The average Bonchev–Trinajstić information content (AvgIpc) is 2.09. The molecule has 13 heavy (non-hydrogen) atoms. The van der Waals surface area contributed by atoms with E-state index in [-0.39, 0.29) is 0 Å². The van der Waals surface area contributed by atoms with Gasteiger partial charge in [0.1, 0.15) is 0 Å². The van der Waals surface area contributed by atoms with E-state index in [0.717, 1.165) is 0 Å². The van der Waals surface area contributed by atoms with E-state index in [9.17, 15) is 0 Å². The van der Waals surface area contributed by atoms with Crippen molar-refractivity contribution in [3.63, 3.8) is 0 Å². The average molecular weight is 175 g/mol. The van der Waals surface area contributed by atoms with Gasteiger partial charge in [0.25, 0.3) is 0 Å². The van der Waals surface area contributed by atoms with E-state index in [0.29, 0.717) is 0 Å². The Labute approximate surface area is 80.5 Å². The molecule has 1 aromatic rings. The largest absolute Gasteiger partial charge is 0.296 e. The summed E-state index contributed by atoms with van der Waals surface area (Å²) in [5.74, 6) is 0. The van der Waals surface area contributed by atoms with Gasteiger partial charge in [-0.05, 0) is 55.5 Å². The molecule has 0 aliphatic heterocycles. The molecule has 1 nitrogen and oxygen atoms in total. The highest BCUT2D eigenvalue weighted by Gasteiger charge is 2.05. The van der Waals surface area contributed by atoms with Gasteiger partial charge >= 0.3 is 0 Å². The second kappa shape index (κ2) is 3.73. The van der Waals surface area contributed by atoms with Gasteiger partial charge in [0.15, 0.2) is 0 Å². The summed E-state index contributed by atoms with van der Waals surface area (Å²) in [5.41, 5.74) is 6.65. The lowest BCUT2D eigenvalue weighted by atomic mass is 9.95. The van der Waals surface area contributed by atoms with Gasteiger partial charge in [-0.3, -0.25) is 4.99 Å². The Morgan fingerprint density at radius 1 is 1.00 bits per heavy atom. The highest BCUT2D eigenvalue weighted by Crippen LogP contribution is 2.19. The lowest BCUT2D eigenvalue weighted by Crippen LogP contribution is -1.97. The molecule has 0 aromatic heterocycles. The molecule has 0 N–H and O–H groups in total. The third-order valence-electron chi connectivity index (χ3n) is 2.68. The molecule has 0 saturated carbocycles. The normalized spacial score (nSPS) is 11.2. The fraction of sp³-hybridized carbons (Fsp3) is 0.417. The van der Waals surface area contributed by atoms with E-state index in [4.69, 9.17) is 0 Å². The third-order valence-corrected chi connectivity index (χ3v) is 2.68. The van der Waals surface area contributed by atoms with Crippen molar-refractivity contribution in [3.05, 3.63) is 33.9 Å². The molecule has 0 unspecified atom stereocenters. The van der Waals surface area contributed by atoms with Crippen LogP contribution < -0.4 is 0 Å². The van der Waals surface area contributed by atoms with Crippen LogP contribution in [0, 0.1) is 27.7 Å². The van der Waals surface area contributed by atoms with Gasteiger partial charge in [0.05, 0.1) is 0 Å². The second-order valence-corrected chi connectivity index (χ2v) is 3.56. The Kier molecular flexibility index (Phi) is 2.86. The van der Waals surface area contributed by atoms with Crippen LogP contribution in [-0.2, 0) is 0 Å². The number of aliphatic imine (C=N–C) groups is 1. The maximum atomic E-state index is 4.08.